The number of hydrogen-bond acceptors (Lipinski definition) is 8. The molecule has 2 aromatic rings. The van der Waals surface area contributed by atoms with Crippen LogP contribution in [0.15, 0.2) is 31.8 Å². The first kappa shape index (κ1) is 14.9. The van der Waals surface area contributed by atoms with Crippen molar-refractivity contribution in [1.82, 2.24) is 10.2 Å². The molecule has 0 amide bonds. The number of nitro benzene ring substituents is 1. The van der Waals surface area contributed by atoms with E-state index in [-0.39, 0.29) is 11.5 Å². The van der Waals surface area contributed by atoms with Gasteiger partial charge in [-0.3, -0.25) is 14.9 Å². The van der Waals surface area contributed by atoms with E-state index in [1.54, 1.807) is 6.07 Å². The summed E-state index contributed by atoms with van der Waals surface area (Å²) in [6, 6.07) is 4.24. The van der Waals surface area contributed by atoms with Crippen molar-refractivity contribution < 1.29 is 9.72 Å². The summed E-state index contributed by atoms with van der Waals surface area (Å²) in [5.74, 6) is -0.217. The zero-order valence-electron chi connectivity index (χ0n) is 10.5. The molecule has 0 saturated heterocycles. The van der Waals surface area contributed by atoms with Crippen molar-refractivity contribution in [2.75, 3.05) is 6.26 Å². The molecule has 9 heteroatoms. The first-order chi connectivity index (χ1) is 9.51. The van der Waals surface area contributed by atoms with Gasteiger partial charge in [-0.25, -0.2) is 0 Å². The third-order valence-electron chi connectivity index (χ3n) is 2.31. The predicted octanol–water partition coefficient (Wildman–Crippen LogP) is 3.52. The molecule has 20 heavy (non-hydrogen) atoms. The number of aromatic nitrogens is 2. The number of carbonyl (C=O) groups is 1. The van der Waals surface area contributed by atoms with Crippen LogP contribution in [-0.4, -0.2) is 27.2 Å². The maximum Gasteiger partial charge on any atom is 0.270 e. The lowest BCUT2D eigenvalue weighted by Gasteiger charge is -2.04. The van der Waals surface area contributed by atoms with Gasteiger partial charge in [-0.1, -0.05) is 34.9 Å². The second-order valence-corrected chi connectivity index (χ2v) is 6.95. The van der Waals surface area contributed by atoms with Crippen LogP contribution in [0, 0.1) is 10.1 Å². The molecule has 0 fully saturated rings. The van der Waals surface area contributed by atoms with Crippen LogP contribution in [0.5, 0.6) is 0 Å². The van der Waals surface area contributed by atoms with Crippen molar-refractivity contribution in [1.29, 1.82) is 0 Å². The summed E-state index contributed by atoms with van der Waals surface area (Å²) >= 11 is 4.20. The monoisotopic (exact) mass is 327 g/mol. The molecule has 1 heterocycles. The highest BCUT2D eigenvalue weighted by Crippen LogP contribution is 2.36. The molecule has 6 nitrogen and oxygen atoms in total. The number of hydrogen-bond donors (Lipinski definition) is 0. The molecule has 0 bridgehead atoms. The van der Waals surface area contributed by atoms with Crippen LogP contribution in [0.1, 0.15) is 17.3 Å². The van der Waals surface area contributed by atoms with E-state index >= 15 is 0 Å². The molecule has 0 saturated carbocycles. The van der Waals surface area contributed by atoms with Crippen molar-refractivity contribution in [3.05, 3.63) is 33.9 Å². The molecule has 0 radical (unpaired) electrons. The van der Waals surface area contributed by atoms with Gasteiger partial charge in [0.25, 0.3) is 5.69 Å². The first-order valence-corrected chi connectivity index (χ1v) is 8.21. The van der Waals surface area contributed by atoms with Gasteiger partial charge in [-0.05, 0) is 19.2 Å². The Morgan fingerprint density at radius 3 is 2.60 bits per heavy atom. The minimum absolute atomic E-state index is 0.0957. The summed E-state index contributed by atoms with van der Waals surface area (Å²) < 4.78 is 1.53. The number of Topliss-reactive ketones (excluding diaryl/α,β-unsaturated/α-hetero) is 1. The van der Waals surface area contributed by atoms with Gasteiger partial charge in [0.1, 0.15) is 0 Å². The van der Waals surface area contributed by atoms with Crippen molar-refractivity contribution in [2.24, 2.45) is 0 Å². The number of non-ortho nitro benzene ring substituents is 1. The van der Waals surface area contributed by atoms with E-state index in [0.29, 0.717) is 14.8 Å². The van der Waals surface area contributed by atoms with Crippen LogP contribution in [0.3, 0.4) is 0 Å². The topological polar surface area (TPSA) is 86.0 Å². The van der Waals surface area contributed by atoms with Crippen molar-refractivity contribution in [3.63, 3.8) is 0 Å². The van der Waals surface area contributed by atoms with Gasteiger partial charge in [-0.15, -0.1) is 10.2 Å². The van der Waals surface area contributed by atoms with E-state index in [2.05, 4.69) is 10.2 Å². The molecule has 0 atom stereocenters. The Morgan fingerprint density at radius 2 is 2.05 bits per heavy atom. The lowest BCUT2D eigenvalue weighted by molar-refractivity contribution is -0.384. The fourth-order valence-corrected chi connectivity index (χ4v) is 3.97. The Morgan fingerprint density at radius 1 is 1.35 bits per heavy atom. The van der Waals surface area contributed by atoms with Gasteiger partial charge in [0.15, 0.2) is 14.5 Å². The van der Waals surface area contributed by atoms with Crippen LogP contribution in [0.25, 0.3) is 0 Å². The highest BCUT2D eigenvalue weighted by molar-refractivity contribution is 8.03. The summed E-state index contributed by atoms with van der Waals surface area (Å²) in [5.41, 5.74) is 0.228. The summed E-state index contributed by atoms with van der Waals surface area (Å²) in [6.45, 7) is 1.39. The molecule has 0 unspecified atom stereocenters. The standard InChI is InChI=1S/C11H9N3O3S3/c1-6(15)8-5-7(14(16)17)3-4-9(8)19-11-13-12-10(18-2)20-11/h3-5H,1-2H3. The smallest absolute Gasteiger partial charge is 0.270 e. The normalized spacial score (nSPS) is 10.5. The van der Waals surface area contributed by atoms with Gasteiger partial charge in [0.05, 0.1) is 4.92 Å². The second-order valence-electron chi connectivity index (χ2n) is 3.63. The quantitative estimate of drug-likeness (QED) is 0.359. The molecular formula is C11H9N3O3S3. The molecule has 0 spiro atoms. The lowest BCUT2D eigenvalue weighted by atomic mass is 10.1. The van der Waals surface area contributed by atoms with E-state index < -0.39 is 4.92 Å². The molecule has 104 valence electrons. The van der Waals surface area contributed by atoms with Gasteiger partial charge >= 0.3 is 0 Å². The molecule has 0 N–H and O–H groups in total. The van der Waals surface area contributed by atoms with Crippen LogP contribution in [0.4, 0.5) is 5.69 Å². The fourth-order valence-electron chi connectivity index (χ4n) is 1.41. The zero-order chi connectivity index (χ0) is 14.7. The number of carbonyl (C=O) groups excluding carboxylic acids is 1. The number of rotatable bonds is 5. The van der Waals surface area contributed by atoms with E-state index in [4.69, 9.17) is 0 Å². The minimum Gasteiger partial charge on any atom is -0.294 e. The number of benzene rings is 1. The summed E-state index contributed by atoms with van der Waals surface area (Å²) in [5, 5.41) is 18.7. The van der Waals surface area contributed by atoms with Gasteiger partial charge in [0, 0.05) is 22.6 Å². The van der Waals surface area contributed by atoms with E-state index in [1.165, 1.54) is 53.9 Å². The average Bonchev–Trinajstić information content (AvgIpc) is 2.86. The highest BCUT2D eigenvalue weighted by atomic mass is 32.2. The van der Waals surface area contributed by atoms with Crippen molar-refractivity contribution in [2.45, 2.75) is 20.5 Å². The van der Waals surface area contributed by atoms with Crippen LogP contribution in [0.2, 0.25) is 0 Å². The lowest BCUT2D eigenvalue weighted by Crippen LogP contribution is -1.97. The van der Waals surface area contributed by atoms with Gasteiger partial charge < -0.3 is 0 Å². The van der Waals surface area contributed by atoms with E-state index in [9.17, 15) is 14.9 Å². The Kier molecular flexibility index (Phi) is 4.73. The molecule has 2 rings (SSSR count). The maximum atomic E-state index is 11.6. The second kappa shape index (κ2) is 6.33. The maximum absolute atomic E-state index is 11.6. The predicted molar refractivity (Wildman–Crippen MR) is 78.9 cm³/mol. The highest BCUT2D eigenvalue weighted by Gasteiger charge is 2.16. The molecular weight excluding hydrogens is 318 g/mol. The third-order valence-corrected chi connectivity index (χ3v) is 5.34. The third kappa shape index (κ3) is 3.35. The first-order valence-electron chi connectivity index (χ1n) is 5.36. The molecule has 1 aromatic carbocycles. The van der Waals surface area contributed by atoms with Crippen molar-refractivity contribution in [3.8, 4) is 0 Å². The summed E-state index contributed by atoms with van der Waals surface area (Å²) in [6.07, 6.45) is 1.90. The largest absolute Gasteiger partial charge is 0.294 e. The van der Waals surface area contributed by atoms with Crippen molar-refractivity contribution >= 4 is 46.3 Å². The van der Waals surface area contributed by atoms with Crippen LogP contribution >= 0.6 is 34.9 Å². The molecule has 0 aliphatic heterocycles. The molecule has 1 aromatic heterocycles. The zero-order valence-corrected chi connectivity index (χ0v) is 13.0. The molecule has 0 aliphatic rings. The number of ketones is 1. The summed E-state index contributed by atoms with van der Waals surface area (Å²) in [7, 11) is 0. The minimum atomic E-state index is -0.516. The van der Waals surface area contributed by atoms with Crippen LogP contribution < -0.4 is 0 Å². The molecule has 0 aliphatic carbocycles. The Hall–Kier alpha value is -1.45. The number of nitro groups is 1. The fraction of sp³-hybridized carbons (Fsp3) is 0.182. The average molecular weight is 327 g/mol. The number of thioether (sulfide) groups is 1. The Balaban J connectivity index is 2.35. The Labute approximate surface area is 127 Å². The van der Waals surface area contributed by atoms with Crippen LogP contribution in [-0.2, 0) is 0 Å². The van der Waals surface area contributed by atoms with Gasteiger partial charge in [-0.2, -0.15) is 0 Å². The van der Waals surface area contributed by atoms with E-state index in [0.717, 1.165) is 4.34 Å². The SMILES string of the molecule is CSc1nnc(Sc2ccc([N+](=O)[O-])cc2C(C)=O)s1. The number of nitrogens with zero attached hydrogens (tertiary/aromatic N) is 3. The van der Waals surface area contributed by atoms with Gasteiger partial charge in [0.2, 0.25) is 0 Å². The van der Waals surface area contributed by atoms with E-state index in [1.807, 2.05) is 6.26 Å². The summed E-state index contributed by atoms with van der Waals surface area (Å²) in [4.78, 5) is 22.5. The Bertz CT molecular complexity index is 672.